The highest BCUT2D eigenvalue weighted by atomic mass is 32.2. The number of fused-ring (bicyclic) bond motifs is 2. The van der Waals surface area contributed by atoms with Crippen molar-refractivity contribution in [1.29, 1.82) is 0 Å². The van der Waals surface area contributed by atoms with Gasteiger partial charge in [-0.15, -0.1) is 11.8 Å². The van der Waals surface area contributed by atoms with Crippen molar-refractivity contribution in [1.82, 2.24) is 5.32 Å². The summed E-state index contributed by atoms with van der Waals surface area (Å²) in [6, 6.07) is 13.6. The minimum atomic E-state index is -0.129. The standard InChI is InChI=1S/C23H26N2O4S/c1-2-17(16-7-8-19-20(15-16)29-13-12-28-19)24-22(26)9-10-23(27)25-11-14-30-21-6-4-3-5-18(21)25/h3-8,15,17H,2,9-14H2,1H3,(H,24,26). The molecule has 0 saturated heterocycles. The molecule has 1 N–H and O–H groups in total. The highest BCUT2D eigenvalue weighted by molar-refractivity contribution is 7.99. The van der Waals surface area contributed by atoms with Gasteiger partial charge in [-0.05, 0) is 36.2 Å². The molecule has 0 radical (unpaired) electrons. The molecule has 0 aliphatic carbocycles. The van der Waals surface area contributed by atoms with Crippen molar-refractivity contribution in [3.05, 3.63) is 48.0 Å². The van der Waals surface area contributed by atoms with Gasteiger partial charge in [0.15, 0.2) is 11.5 Å². The van der Waals surface area contributed by atoms with Crippen molar-refractivity contribution in [3.8, 4) is 11.5 Å². The fourth-order valence-corrected chi connectivity index (χ4v) is 4.74. The average molecular weight is 427 g/mol. The predicted octanol–water partition coefficient (Wildman–Crippen LogP) is 3.94. The quantitative estimate of drug-likeness (QED) is 0.758. The molecule has 0 spiro atoms. The van der Waals surface area contributed by atoms with E-state index < -0.39 is 0 Å². The lowest BCUT2D eigenvalue weighted by Crippen LogP contribution is -2.36. The van der Waals surface area contributed by atoms with Gasteiger partial charge in [0.05, 0.1) is 11.7 Å². The van der Waals surface area contributed by atoms with Gasteiger partial charge in [0.25, 0.3) is 0 Å². The van der Waals surface area contributed by atoms with Crippen LogP contribution in [0.3, 0.4) is 0 Å². The number of benzene rings is 2. The topological polar surface area (TPSA) is 67.9 Å². The molecule has 0 aromatic heterocycles. The summed E-state index contributed by atoms with van der Waals surface area (Å²) < 4.78 is 11.2. The third-order valence-corrected chi connectivity index (χ3v) is 6.35. The lowest BCUT2D eigenvalue weighted by Gasteiger charge is -2.29. The SMILES string of the molecule is CCC(NC(=O)CCC(=O)N1CCSc2ccccc21)c1ccc2c(c1)OCCO2. The normalized spacial score (nSPS) is 15.8. The number of para-hydroxylation sites is 1. The molecule has 1 atom stereocenters. The highest BCUT2D eigenvalue weighted by Crippen LogP contribution is 2.35. The number of ether oxygens (including phenoxy) is 2. The number of anilines is 1. The van der Waals surface area contributed by atoms with Crippen LogP contribution < -0.4 is 19.7 Å². The maximum absolute atomic E-state index is 12.8. The fourth-order valence-electron chi connectivity index (χ4n) is 3.75. The third-order valence-electron chi connectivity index (χ3n) is 5.31. The minimum absolute atomic E-state index is 0.00900. The molecule has 7 heteroatoms. The first-order valence-corrected chi connectivity index (χ1v) is 11.4. The Balaban J connectivity index is 1.34. The van der Waals surface area contributed by atoms with Gasteiger partial charge in [0.1, 0.15) is 13.2 Å². The molecule has 1 unspecified atom stereocenters. The van der Waals surface area contributed by atoms with Crippen LogP contribution in [0.15, 0.2) is 47.4 Å². The average Bonchev–Trinajstić information content (AvgIpc) is 2.80. The van der Waals surface area contributed by atoms with Crippen LogP contribution >= 0.6 is 11.8 Å². The zero-order chi connectivity index (χ0) is 20.9. The number of nitrogens with zero attached hydrogens (tertiary/aromatic N) is 1. The van der Waals surface area contributed by atoms with Gasteiger partial charge < -0.3 is 19.7 Å². The first-order chi connectivity index (χ1) is 14.7. The Hall–Kier alpha value is -2.67. The number of hydrogen-bond acceptors (Lipinski definition) is 5. The van der Waals surface area contributed by atoms with E-state index in [-0.39, 0.29) is 30.7 Å². The van der Waals surface area contributed by atoms with Gasteiger partial charge in [-0.2, -0.15) is 0 Å². The van der Waals surface area contributed by atoms with Crippen LogP contribution in [0.5, 0.6) is 11.5 Å². The smallest absolute Gasteiger partial charge is 0.227 e. The molecule has 2 aromatic carbocycles. The van der Waals surface area contributed by atoms with Crippen molar-refractivity contribution < 1.29 is 19.1 Å². The first-order valence-electron chi connectivity index (χ1n) is 10.4. The zero-order valence-electron chi connectivity index (χ0n) is 17.1. The molecule has 2 aliphatic rings. The lowest BCUT2D eigenvalue weighted by atomic mass is 10.0. The van der Waals surface area contributed by atoms with Crippen LogP contribution in [0.25, 0.3) is 0 Å². The van der Waals surface area contributed by atoms with Gasteiger partial charge in [-0.1, -0.05) is 25.1 Å². The largest absolute Gasteiger partial charge is 0.486 e. The molecule has 0 saturated carbocycles. The second kappa shape index (κ2) is 9.43. The summed E-state index contributed by atoms with van der Waals surface area (Å²) >= 11 is 1.76. The van der Waals surface area contributed by atoms with E-state index in [0.717, 1.165) is 34.1 Å². The second-order valence-corrected chi connectivity index (χ2v) is 8.43. The molecular formula is C23H26N2O4S. The molecule has 6 nitrogen and oxygen atoms in total. The Kier molecular flexibility index (Phi) is 6.47. The molecule has 2 heterocycles. The lowest BCUT2D eigenvalue weighted by molar-refractivity contribution is -0.125. The van der Waals surface area contributed by atoms with Gasteiger partial charge in [0, 0.05) is 30.0 Å². The molecule has 0 bridgehead atoms. The first kappa shape index (κ1) is 20.6. The highest BCUT2D eigenvalue weighted by Gasteiger charge is 2.23. The molecule has 2 aromatic rings. The Labute approximate surface area is 180 Å². The monoisotopic (exact) mass is 426 g/mol. The van der Waals surface area contributed by atoms with Crippen LogP contribution in [-0.2, 0) is 9.59 Å². The summed E-state index contributed by atoms with van der Waals surface area (Å²) in [4.78, 5) is 28.2. The van der Waals surface area contributed by atoms with E-state index >= 15 is 0 Å². The number of carbonyl (C=O) groups excluding carboxylic acids is 2. The molecule has 2 aliphatic heterocycles. The maximum atomic E-state index is 12.8. The third kappa shape index (κ3) is 4.56. The summed E-state index contributed by atoms with van der Waals surface area (Å²) in [6.07, 6.45) is 1.12. The van der Waals surface area contributed by atoms with E-state index in [4.69, 9.17) is 9.47 Å². The summed E-state index contributed by atoms with van der Waals surface area (Å²) in [6.45, 7) is 3.78. The van der Waals surface area contributed by atoms with E-state index in [0.29, 0.717) is 25.5 Å². The van der Waals surface area contributed by atoms with E-state index in [1.807, 2.05) is 49.4 Å². The molecule has 4 rings (SSSR count). The van der Waals surface area contributed by atoms with Crippen molar-refractivity contribution in [2.24, 2.45) is 0 Å². The molecule has 158 valence electrons. The van der Waals surface area contributed by atoms with Gasteiger partial charge in [0.2, 0.25) is 11.8 Å². The van der Waals surface area contributed by atoms with E-state index in [2.05, 4.69) is 5.32 Å². The Morgan fingerprint density at radius 2 is 1.90 bits per heavy atom. The van der Waals surface area contributed by atoms with Crippen LogP contribution in [0.4, 0.5) is 5.69 Å². The zero-order valence-corrected chi connectivity index (χ0v) is 17.9. The van der Waals surface area contributed by atoms with E-state index in [1.165, 1.54) is 0 Å². The number of carbonyl (C=O) groups is 2. The molecule has 0 fully saturated rings. The number of rotatable bonds is 6. The summed E-state index contributed by atoms with van der Waals surface area (Å²) in [5.41, 5.74) is 1.92. The Morgan fingerprint density at radius 1 is 1.10 bits per heavy atom. The minimum Gasteiger partial charge on any atom is -0.486 e. The summed E-state index contributed by atoms with van der Waals surface area (Å²) in [7, 11) is 0. The van der Waals surface area contributed by atoms with Gasteiger partial charge in [-0.25, -0.2) is 0 Å². The number of nitrogens with one attached hydrogen (secondary N) is 1. The van der Waals surface area contributed by atoms with E-state index in [9.17, 15) is 9.59 Å². The maximum Gasteiger partial charge on any atom is 0.227 e. The van der Waals surface area contributed by atoms with Crippen LogP contribution in [0.1, 0.15) is 37.8 Å². The molecule has 2 amide bonds. The van der Waals surface area contributed by atoms with Crippen LogP contribution in [0, 0.1) is 0 Å². The van der Waals surface area contributed by atoms with Crippen LogP contribution in [-0.4, -0.2) is 37.3 Å². The number of hydrogen-bond donors (Lipinski definition) is 1. The van der Waals surface area contributed by atoms with E-state index in [1.54, 1.807) is 16.7 Å². The van der Waals surface area contributed by atoms with Crippen molar-refractivity contribution in [2.45, 2.75) is 37.1 Å². The van der Waals surface area contributed by atoms with Gasteiger partial charge >= 0.3 is 0 Å². The molecule has 30 heavy (non-hydrogen) atoms. The van der Waals surface area contributed by atoms with Crippen molar-refractivity contribution in [2.75, 3.05) is 30.4 Å². The number of thioether (sulfide) groups is 1. The second-order valence-electron chi connectivity index (χ2n) is 7.29. The van der Waals surface area contributed by atoms with Crippen molar-refractivity contribution in [3.63, 3.8) is 0 Å². The Bertz CT molecular complexity index is 933. The summed E-state index contributed by atoms with van der Waals surface area (Å²) in [5.74, 6) is 2.19. The Morgan fingerprint density at radius 3 is 2.73 bits per heavy atom. The molecular weight excluding hydrogens is 400 g/mol. The van der Waals surface area contributed by atoms with Crippen molar-refractivity contribution >= 4 is 29.3 Å². The van der Waals surface area contributed by atoms with Gasteiger partial charge in [-0.3, -0.25) is 9.59 Å². The number of amides is 2. The summed E-state index contributed by atoms with van der Waals surface area (Å²) in [5, 5.41) is 3.06. The fraction of sp³-hybridized carbons (Fsp3) is 0.391. The predicted molar refractivity (Wildman–Crippen MR) is 117 cm³/mol. The van der Waals surface area contributed by atoms with Crippen LogP contribution in [0.2, 0.25) is 0 Å².